The molecule has 10 nitrogen and oxygen atoms in total. The number of carbonyl (C=O) groups is 1. The van der Waals surface area contributed by atoms with Crippen LogP contribution in [0.2, 0.25) is 0 Å². The van der Waals surface area contributed by atoms with Crippen LogP contribution >= 0.6 is 0 Å². The lowest BCUT2D eigenvalue weighted by molar-refractivity contribution is 0.0696. The van der Waals surface area contributed by atoms with E-state index in [1.807, 2.05) is 0 Å². The van der Waals surface area contributed by atoms with Crippen LogP contribution in [-0.4, -0.2) is 34.5 Å². The molecule has 0 unspecified atom stereocenters. The molecule has 10 heteroatoms. The van der Waals surface area contributed by atoms with Gasteiger partial charge in [0, 0.05) is 0 Å². The van der Waals surface area contributed by atoms with Crippen molar-refractivity contribution in [3.63, 3.8) is 0 Å². The summed E-state index contributed by atoms with van der Waals surface area (Å²) in [6.07, 6.45) is 2.85. The van der Waals surface area contributed by atoms with E-state index >= 15 is 0 Å². The first kappa shape index (κ1) is 17.9. The standard InChI is InChI=1S/C17H15N5O5/c1-10-15(23)19-17(22-20-10)21-18-9-11-5-6-12(14(8-11)25-2)27-16(24)13-4-3-7-26-13/h3-9H,1-2H3,(H2,19,21,22,23)/b18-9-. The molecule has 2 aromatic heterocycles. The molecule has 1 aromatic carbocycles. The number of hydrogen-bond donors (Lipinski definition) is 2. The average molecular weight is 369 g/mol. The van der Waals surface area contributed by atoms with Crippen LogP contribution in [-0.2, 0) is 0 Å². The first-order valence-corrected chi connectivity index (χ1v) is 7.73. The van der Waals surface area contributed by atoms with Gasteiger partial charge in [0.2, 0.25) is 11.7 Å². The Morgan fingerprint density at radius 2 is 2.15 bits per heavy atom. The molecule has 0 saturated carbocycles. The van der Waals surface area contributed by atoms with Crippen LogP contribution in [0.3, 0.4) is 0 Å². The molecule has 0 amide bonds. The molecular formula is C17H15N5O5. The van der Waals surface area contributed by atoms with Gasteiger partial charge in [-0.3, -0.25) is 9.78 Å². The average Bonchev–Trinajstić information content (AvgIpc) is 3.20. The number of aromatic amines is 1. The van der Waals surface area contributed by atoms with E-state index < -0.39 is 5.97 Å². The van der Waals surface area contributed by atoms with Crippen LogP contribution in [0.5, 0.6) is 11.5 Å². The Bertz CT molecular complexity index is 1030. The molecule has 27 heavy (non-hydrogen) atoms. The van der Waals surface area contributed by atoms with Gasteiger partial charge in [-0.1, -0.05) is 0 Å². The number of hydrogen-bond acceptors (Lipinski definition) is 9. The molecule has 2 N–H and O–H groups in total. The third kappa shape index (κ3) is 4.37. The van der Waals surface area contributed by atoms with Crippen LogP contribution in [0.1, 0.15) is 21.8 Å². The first-order valence-electron chi connectivity index (χ1n) is 7.73. The van der Waals surface area contributed by atoms with E-state index in [4.69, 9.17) is 13.9 Å². The topological polar surface area (TPSA) is 132 Å². The number of H-pyrrole nitrogens is 1. The van der Waals surface area contributed by atoms with E-state index in [2.05, 4.69) is 25.7 Å². The molecule has 0 saturated heterocycles. The second-order valence-corrected chi connectivity index (χ2v) is 5.24. The van der Waals surface area contributed by atoms with Crippen molar-refractivity contribution in [1.29, 1.82) is 0 Å². The fourth-order valence-corrected chi connectivity index (χ4v) is 2.01. The van der Waals surface area contributed by atoms with E-state index in [9.17, 15) is 9.59 Å². The van der Waals surface area contributed by atoms with Crippen LogP contribution in [0.15, 0.2) is 50.9 Å². The Morgan fingerprint density at radius 3 is 2.85 bits per heavy atom. The maximum Gasteiger partial charge on any atom is 0.379 e. The van der Waals surface area contributed by atoms with Gasteiger partial charge in [0.05, 0.1) is 19.6 Å². The Hall–Kier alpha value is -3.95. The van der Waals surface area contributed by atoms with Gasteiger partial charge in [0.25, 0.3) is 5.56 Å². The monoisotopic (exact) mass is 369 g/mol. The summed E-state index contributed by atoms with van der Waals surface area (Å²) in [6.45, 7) is 1.55. The van der Waals surface area contributed by atoms with E-state index in [1.165, 1.54) is 25.7 Å². The predicted octanol–water partition coefficient (Wildman–Crippen LogP) is 1.74. The molecule has 138 valence electrons. The molecule has 0 atom stereocenters. The van der Waals surface area contributed by atoms with Gasteiger partial charge >= 0.3 is 5.97 Å². The van der Waals surface area contributed by atoms with Gasteiger partial charge in [0.1, 0.15) is 5.69 Å². The number of nitrogens with one attached hydrogen (secondary N) is 2. The minimum atomic E-state index is -0.636. The van der Waals surface area contributed by atoms with Crippen molar-refractivity contribution >= 4 is 18.1 Å². The summed E-state index contributed by atoms with van der Waals surface area (Å²) >= 11 is 0. The number of methoxy groups -OCH3 is 1. The normalized spacial score (nSPS) is 10.7. The Kier molecular flexibility index (Phi) is 5.26. The lowest BCUT2D eigenvalue weighted by Gasteiger charge is -2.09. The summed E-state index contributed by atoms with van der Waals surface area (Å²) in [4.78, 5) is 25.9. The minimum absolute atomic E-state index is 0.0834. The molecule has 0 aliphatic rings. The first-order chi connectivity index (χ1) is 13.1. The number of nitrogens with zero attached hydrogens (tertiary/aromatic N) is 3. The highest BCUT2D eigenvalue weighted by Crippen LogP contribution is 2.28. The number of benzene rings is 1. The lowest BCUT2D eigenvalue weighted by Crippen LogP contribution is -2.15. The van der Waals surface area contributed by atoms with Crippen molar-refractivity contribution in [2.24, 2.45) is 5.10 Å². The molecule has 0 spiro atoms. The predicted molar refractivity (Wildman–Crippen MR) is 95.3 cm³/mol. The molecule has 3 rings (SSSR count). The molecular weight excluding hydrogens is 354 g/mol. The third-order valence-corrected chi connectivity index (χ3v) is 3.36. The quantitative estimate of drug-likeness (QED) is 0.291. The molecule has 0 fully saturated rings. The Morgan fingerprint density at radius 1 is 1.30 bits per heavy atom. The Labute approximate surface area is 152 Å². The number of esters is 1. The van der Waals surface area contributed by atoms with Gasteiger partial charge in [-0.15, -0.1) is 10.2 Å². The number of rotatable bonds is 6. The van der Waals surface area contributed by atoms with Crippen molar-refractivity contribution in [2.45, 2.75) is 6.92 Å². The van der Waals surface area contributed by atoms with Crippen LogP contribution in [0, 0.1) is 6.92 Å². The maximum absolute atomic E-state index is 12.0. The molecule has 0 radical (unpaired) electrons. The summed E-state index contributed by atoms with van der Waals surface area (Å²) in [6, 6.07) is 7.95. The van der Waals surface area contributed by atoms with Crippen molar-refractivity contribution in [3.05, 3.63) is 64.0 Å². The van der Waals surface area contributed by atoms with Crippen LogP contribution in [0.4, 0.5) is 5.95 Å². The molecule has 0 aliphatic carbocycles. The number of furan rings is 1. The van der Waals surface area contributed by atoms with Crippen LogP contribution < -0.4 is 20.5 Å². The zero-order valence-electron chi connectivity index (χ0n) is 14.4. The number of carbonyl (C=O) groups excluding carboxylic acids is 1. The van der Waals surface area contributed by atoms with Crippen LogP contribution in [0.25, 0.3) is 0 Å². The third-order valence-electron chi connectivity index (χ3n) is 3.36. The number of ether oxygens (including phenoxy) is 2. The van der Waals surface area contributed by atoms with Gasteiger partial charge in [0.15, 0.2) is 11.5 Å². The summed E-state index contributed by atoms with van der Waals surface area (Å²) in [7, 11) is 1.45. The van der Waals surface area contributed by atoms with E-state index in [0.717, 1.165) is 0 Å². The second-order valence-electron chi connectivity index (χ2n) is 5.24. The number of anilines is 1. The largest absolute Gasteiger partial charge is 0.493 e. The highest BCUT2D eigenvalue weighted by atomic mass is 16.6. The lowest BCUT2D eigenvalue weighted by atomic mass is 10.2. The smallest absolute Gasteiger partial charge is 0.379 e. The number of hydrazone groups is 1. The molecule has 2 heterocycles. The van der Waals surface area contributed by atoms with Crippen molar-refractivity contribution < 1.29 is 18.7 Å². The van der Waals surface area contributed by atoms with E-state index in [0.29, 0.717) is 11.3 Å². The number of aryl methyl sites for hydroxylation is 1. The molecule has 0 aliphatic heterocycles. The van der Waals surface area contributed by atoms with Gasteiger partial charge in [-0.05, 0) is 42.8 Å². The Balaban J connectivity index is 1.70. The van der Waals surface area contributed by atoms with Gasteiger partial charge in [-0.2, -0.15) is 5.10 Å². The summed E-state index contributed by atoms with van der Waals surface area (Å²) < 4.78 is 15.5. The van der Waals surface area contributed by atoms with Crippen molar-refractivity contribution in [2.75, 3.05) is 12.5 Å². The maximum atomic E-state index is 12.0. The molecule has 0 bridgehead atoms. The fraction of sp³-hybridized carbons (Fsp3) is 0.118. The van der Waals surface area contributed by atoms with Gasteiger partial charge < -0.3 is 13.9 Å². The zero-order valence-corrected chi connectivity index (χ0v) is 14.4. The molecule has 3 aromatic rings. The second kappa shape index (κ2) is 7.95. The fourth-order valence-electron chi connectivity index (χ4n) is 2.01. The minimum Gasteiger partial charge on any atom is -0.493 e. The highest BCUT2D eigenvalue weighted by molar-refractivity contribution is 5.89. The summed E-state index contributed by atoms with van der Waals surface area (Å²) in [5, 5.41) is 11.4. The number of aromatic nitrogens is 3. The summed E-state index contributed by atoms with van der Waals surface area (Å²) in [5.74, 6) is 0.126. The van der Waals surface area contributed by atoms with Crippen molar-refractivity contribution in [1.82, 2.24) is 15.2 Å². The highest BCUT2D eigenvalue weighted by Gasteiger charge is 2.14. The van der Waals surface area contributed by atoms with E-state index in [-0.39, 0.29) is 28.7 Å². The van der Waals surface area contributed by atoms with E-state index in [1.54, 1.807) is 31.2 Å². The van der Waals surface area contributed by atoms with Gasteiger partial charge in [-0.25, -0.2) is 10.2 Å². The zero-order chi connectivity index (χ0) is 19.2. The SMILES string of the molecule is COc1cc(/C=N\Nc2nnc(C)c(=O)[nH]2)ccc1OC(=O)c1ccco1. The summed E-state index contributed by atoms with van der Waals surface area (Å²) in [5.41, 5.74) is 3.12. The van der Waals surface area contributed by atoms with Crippen molar-refractivity contribution in [3.8, 4) is 11.5 Å².